The fourth-order valence-electron chi connectivity index (χ4n) is 4.84. The van der Waals surface area contributed by atoms with Gasteiger partial charge in [-0.05, 0) is 38.1 Å². The van der Waals surface area contributed by atoms with Crippen LogP contribution in [0.15, 0.2) is 56.3 Å². The van der Waals surface area contributed by atoms with Gasteiger partial charge < -0.3 is 25.5 Å². The molecular weight excluding hydrogens is 412 g/mol. The molecule has 1 saturated heterocycles. The van der Waals surface area contributed by atoms with E-state index in [2.05, 4.69) is 78.0 Å². The summed E-state index contributed by atoms with van der Waals surface area (Å²) in [7, 11) is 0. The third-order valence-electron chi connectivity index (χ3n) is 6.67. The molecule has 0 radical (unpaired) electrons. The number of hydrogen-bond acceptors (Lipinski definition) is 5. The fraction of sp³-hybridized carbons (Fsp3) is 0.280. The molecule has 0 spiro atoms. The number of anilines is 1. The molecule has 2 aliphatic rings. The normalized spacial score (nSPS) is 16.5. The summed E-state index contributed by atoms with van der Waals surface area (Å²) < 4.78 is 4.32. The van der Waals surface area contributed by atoms with E-state index in [9.17, 15) is 0 Å². The van der Waals surface area contributed by atoms with E-state index in [-0.39, 0.29) is 0 Å². The molecule has 4 N–H and O–H groups in total. The number of H-pyrrole nitrogens is 1. The summed E-state index contributed by atoms with van der Waals surface area (Å²) in [4.78, 5) is 7.95. The van der Waals surface area contributed by atoms with E-state index in [1.807, 2.05) is 18.6 Å². The number of nitrogens with zero attached hydrogens (tertiary/aromatic N) is 4. The van der Waals surface area contributed by atoms with Crippen LogP contribution in [0.3, 0.4) is 0 Å². The van der Waals surface area contributed by atoms with Gasteiger partial charge in [-0.25, -0.2) is 4.98 Å². The van der Waals surface area contributed by atoms with Gasteiger partial charge in [0.1, 0.15) is 5.65 Å². The van der Waals surface area contributed by atoms with Crippen LogP contribution in [0.5, 0.6) is 0 Å². The number of hydrogen-bond donors (Lipinski definition) is 4. The van der Waals surface area contributed by atoms with Gasteiger partial charge in [0.15, 0.2) is 0 Å². The Morgan fingerprint density at radius 1 is 1.12 bits per heavy atom. The van der Waals surface area contributed by atoms with Crippen molar-refractivity contribution < 1.29 is 0 Å². The first-order valence-electron chi connectivity index (χ1n) is 11.5. The number of nitrogens with one attached hydrogen (secondary N) is 4. The van der Waals surface area contributed by atoms with Crippen LogP contribution >= 0.6 is 0 Å². The standard InChI is InChI=1S/C25H28N8/c1-16(31-20-12-30-33(15-20)21-3-5-26-6-4-21)18-9-22-23(13-29-25(22)28-11-18)19-10-24-17(2)27-7-8-32(24)14-19/h9-15,21,26-27,31H,1-8H2,(H,28,29). The van der Waals surface area contributed by atoms with E-state index >= 15 is 0 Å². The third-order valence-corrected chi connectivity index (χ3v) is 6.67. The van der Waals surface area contributed by atoms with Crippen molar-refractivity contribution in [2.24, 2.45) is 0 Å². The van der Waals surface area contributed by atoms with Gasteiger partial charge in [-0.3, -0.25) is 4.68 Å². The first kappa shape index (κ1) is 19.9. The number of rotatable bonds is 5. The van der Waals surface area contributed by atoms with E-state index in [1.165, 1.54) is 0 Å². The highest BCUT2D eigenvalue weighted by Crippen LogP contribution is 2.33. The predicted molar refractivity (Wildman–Crippen MR) is 133 cm³/mol. The van der Waals surface area contributed by atoms with Crippen molar-refractivity contribution in [3.8, 4) is 11.1 Å². The molecular formula is C25H28N8. The number of fused-ring (bicyclic) bond motifs is 2. The van der Waals surface area contributed by atoms with Crippen LogP contribution in [0.4, 0.5) is 5.69 Å². The average Bonchev–Trinajstić information content (AvgIpc) is 3.57. The van der Waals surface area contributed by atoms with Crippen molar-refractivity contribution in [1.29, 1.82) is 0 Å². The molecule has 4 aromatic heterocycles. The lowest BCUT2D eigenvalue weighted by atomic mass is 10.1. The summed E-state index contributed by atoms with van der Waals surface area (Å²) in [5.74, 6) is 0. The van der Waals surface area contributed by atoms with E-state index in [0.717, 1.165) is 89.5 Å². The van der Waals surface area contributed by atoms with E-state index in [4.69, 9.17) is 0 Å². The van der Waals surface area contributed by atoms with E-state index < -0.39 is 0 Å². The molecule has 2 aliphatic heterocycles. The summed E-state index contributed by atoms with van der Waals surface area (Å²) >= 11 is 0. The summed E-state index contributed by atoms with van der Waals surface area (Å²) in [6, 6.07) is 4.78. The topological polar surface area (TPSA) is 87.5 Å². The quantitative estimate of drug-likeness (QED) is 0.379. The van der Waals surface area contributed by atoms with Gasteiger partial charge in [-0.1, -0.05) is 13.2 Å². The van der Waals surface area contributed by atoms with Gasteiger partial charge in [0.05, 0.1) is 29.3 Å². The largest absolute Gasteiger partial charge is 0.382 e. The first-order valence-corrected chi connectivity index (χ1v) is 11.5. The van der Waals surface area contributed by atoms with Gasteiger partial charge in [-0.15, -0.1) is 0 Å². The van der Waals surface area contributed by atoms with Crippen molar-refractivity contribution in [3.63, 3.8) is 0 Å². The fourth-order valence-corrected chi connectivity index (χ4v) is 4.84. The maximum atomic E-state index is 4.64. The van der Waals surface area contributed by atoms with Gasteiger partial charge in [0.2, 0.25) is 0 Å². The maximum Gasteiger partial charge on any atom is 0.137 e. The second-order valence-corrected chi connectivity index (χ2v) is 8.83. The highest BCUT2D eigenvalue weighted by Gasteiger charge is 2.18. The SMILES string of the molecule is C=C(Nc1cnn(C2CCNCC2)c1)c1cnc2[nH]cc(-c3cc4n(c3)CCNC4=C)c2c1. The van der Waals surface area contributed by atoms with Gasteiger partial charge in [-0.2, -0.15) is 5.10 Å². The molecule has 0 unspecified atom stereocenters. The Morgan fingerprint density at radius 3 is 2.85 bits per heavy atom. The van der Waals surface area contributed by atoms with Crippen LogP contribution in [0, 0.1) is 0 Å². The molecule has 6 heterocycles. The molecule has 8 nitrogen and oxygen atoms in total. The second-order valence-electron chi connectivity index (χ2n) is 8.83. The van der Waals surface area contributed by atoms with Crippen molar-refractivity contribution in [1.82, 2.24) is 34.9 Å². The molecule has 6 rings (SSSR count). The van der Waals surface area contributed by atoms with Gasteiger partial charge >= 0.3 is 0 Å². The summed E-state index contributed by atoms with van der Waals surface area (Å²) in [5.41, 5.74) is 7.94. The Kier molecular flexibility index (Phi) is 4.80. The Hall–Kier alpha value is -3.78. The highest BCUT2D eigenvalue weighted by molar-refractivity contribution is 5.96. The minimum Gasteiger partial charge on any atom is -0.382 e. The molecule has 0 saturated carbocycles. The lowest BCUT2D eigenvalue weighted by Gasteiger charge is -2.22. The highest BCUT2D eigenvalue weighted by atomic mass is 15.3. The van der Waals surface area contributed by atoms with Crippen LogP contribution in [0.2, 0.25) is 0 Å². The minimum absolute atomic E-state index is 0.454. The van der Waals surface area contributed by atoms with E-state index in [1.54, 1.807) is 0 Å². The van der Waals surface area contributed by atoms with Crippen LogP contribution < -0.4 is 16.0 Å². The number of aromatic nitrogens is 5. The van der Waals surface area contributed by atoms with Crippen molar-refractivity contribution in [3.05, 3.63) is 67.5 Å². The molecule has 168 valence electrons. The lowest BCUT2D eigenvalue weighted by molar-refractivity contribution is 0.343. The van der Waals surface area contributed by atoms with Crippen LogP contribution in [-0.2, 0) is 6.54 Å². The zero-order chi connectivity index (χ0) is 22.4. The Balaban J connectivity index is 1.26. The maximum absolute atomic E-state index is 4.64. The molecule has 0 aliphatic carbocycles. The molecule has 0 aromatic carbocycles. The molecule has 8 heteroatoms. The summed E-state index contributed by atoms with van der Waals surface area (Å²) in [6.07, 6.45) is 12.2. The molecule has 1 fully saturated rings. The van der Waals surface area contributed by atoms with Crippen molar-refractivity contribution in [2.75, 3.05) is 25.0 Å². The lowest BCUT2D eigenvalue weighted by Crippen LogP contribution is -2.29. The molecule has 0 amide bonds. The predicted octanol–water partition coefficient (Wildman–Crippen LogP) is 3.81. The first-order chi connectivity index (χ1) is 16.2. The third kappa shape index (κ3) is 3.62. The summed E-state index contributed by atoms with van der Waals surface area (Å²) in [5, 5.41) is 15.8. The molecule has 0 atom stereocenters. The molecule has 0 bridgehead atoms. The number of aromatic amines is 1. The zero-order valence-corrected chi connectivity index (χ0v) is 18.6. The van der Waals surface area contributed by atoms with Crippen LogP contribution in [0.1, 0.15) is 30.1 Å². The monoisotopic (exact) mass is 440 g/mol. The summed E-state index contributed by atoms with van der Waals surface area (Å²) in [6.45, 7) is 12.3. The molecule has 4 aromatic rings. The molecule has 33 heavy (non-hydrogen) atoms. The van der Waals surface area contributed by atoms with E-state index in [0.29, 0.717) is 6.04 Å². The average molecular weight is 441 g/mol. The Labute approximate surface area is 192 Å². The van der Waals surface area contributed by atoms with Crippen molar-refractivity contribution >= 4 is 28.1 Å². The Bertz CT molecular complexity index is 1350. The van der Waals surface area contributed by atoms with Gasteiger partial charge in [0.25, 0.3) is 0 Å². The van der Waals surface area contributed by atoms with Crippen molar-refractivity contribution in [2.45, 2.75) is 25.4 Å². The zero-order valence-electron chi connectivity index (χ0n) is 18.6. The van der Waals surface area contributed by atoms with Crippen LogP contribution in [0.25, 0.3) is 33.6 Å². The smallest absolute Gasteiger partial charge is 0.137 e. The number of pyridine rings is 1. The second kappa shape index (κ2) is 7.97. The number of piperidine rings is 1. The Morgan fingerprint density at radius 2 is 2.00 bits per heavy atom. The van der Waals surface area contributed by atoms with Gasteiger partial charge in [0, 0.05) is 65.7 Å². The minimum atomic E-state index is 0.454. The van der Waals surface area contributed by atoms with Crippen LogP contribution in [-0.4, -0.2) is 43.9 Å².